The number of carbonyl (C=O) groups is 2. The molecule has 1 aliphatic rings. The summed E-state index contributed by atoms with van der Waals surface area (Å²) in [6.07, 6.45) is 1.13. The van der Waals surface area contributed by atoms with Crippen LogP contribution in [0.25, 0.3) is 0 Å². The van der Waals surface area contributed by atoms with Gasteiger partial charge in [-0.15, -0.1) is 0 Å². The summed E-state index contributed by atoms with van der Waals surface area (Å²) in [6.45, 7) is 0. The van der Waals surface area contributed by atoms with Crippen molar-refractivity contribution < 1.29 is 14.0 Å². The van der Waals surface area contributed by atoms with E-state index in [2.05, 4.69) is 10.6 Å². The maximum absolute atomic E-state index is 12.8. The van der Waals surface area contributed by atoms with Gasteiger partial charge < -0.3 is 15.5 Å². The van der Waals surface area contributed by atoms with Crippen molar-refractivity contribution in [3.63, 3.8) is 0 Å². The monoisotopic (exact) mass is 313 g/mol. The van der Waals surface area contributed by atoms with Crippen molar-refractivity contribution in [2.45, 2.75) is 12.8 Å². The molecule has 0 spiro atoms. The second-order valence-electron chi connectivity index (χ2n) is 5.38. The highest BCUT2D eigenvalue weighted by atomic mass is 19.1. The van der Waals surface area contributed by atoms with Crippen LogP contribution < -0.4 is 15.5 Å². The fraction of sp³-hybridized carbons (Fsp3) is 0.176. The summed E-state index contributed by atoms with van der Waals surface area (Å²) in [5, 5.41) is 5.37. The smallest absolute Gasteiger partial charge is 0.315 e. The molecule has 0 aliphatic carbocycles. The highest BCUT2D eigenvalue weighted by Crippen LogP contribution is 2.29. The van der Waals surface area contributed by atoms with Crippen molar-refractivity contribution in [2.75, 3.05) is 22.6 Å². The molecular formula is C17H16FN3O2. The van der Waals surface area contributed by atoms with E-state index in [1.54, 1.807) is 18.0 Å². The van der Waals surface area contributed by atoms with Gasteiger partial charge in [0.25, 0.3) is 0 Å². The number of fused-ring (bicyclic) bond motifs is 1. The number of carbonyl (C=O) groups excluding carboxylic acids is 2. The predicted molar refractivity (Wildman–Crippen MR) is 87.2 cm³/mol. The number of hydrogen-bond donors (Lipinski definition) is 2. The van der Waals surface area contributed by atoms with Crippen LogP contribution in [0.15, 0.2) is 42.5 Å². The maximum atomic E-state index is 12.8. The lowest BCUT2D eigenvalue weighted by atomic mass is 10.0. The van der Waals surface area contributed by atoms with Crippen LogP contribution in [0, 0.1) is 5.82 Å². The first-order chi connectivity index (χ1) is 11.0. The van der Waals surface area contributed by atoms with Gasteiger partial charge in [0.15, 0.2) is 0 Å². The van der Waals surface area contributed by atoms with Gasteiger partial charge in [-0.2, -0.15) is 0 Å². The second kappa shape index (κ2) is 6.08. The first-order valence-corrected chi connectivity index (χ1v) is 7.26. The molecule has 0 aromatic heterocycles. The SMILES string of the molecule is CN1C(=O)CCc2cc(NC(=O)Nc3ccc(F)cc3)ccc21. The molecule has 3 amide bonds. The molecule has 118 valence electrons. The van der Waals surface area contributed by atoms with E-state index in [4.69, 9.17) is 0 Å². The van der Waals surface area contributed by atoms with Gasteiger partial charge >= 0.3 is 6.03 Å². The number of aryl methyl sites for hydroxylation is 1. The van der Waals surface area contributed by atoms with E-state index in [0.717, 1.165) is 11.3 Å². The van der Waals surface area contributed by atoms with Gasteiger partial charge in [0.1, 0.15) is 5.82 Å². The Bertz CT molecular complexity index is 759. The Kier molecular flexibility index (Phi) is 3.97. The van der Waals surface area contributed by atoms with E-state index in [0.29, 0.717) is 24.2 Å². The van der Waals surface area contributed by atoms with E-state index in [1.807, 2.05) is 12.1 Å². The summed E-state index contributed by atoms with van der Waals surface area (Å²) in [5.41, 5.74) is 3.04. The molecule has 0 radical (unpaired) electrons. The number of benzene rings is 2. The topological polar surface area (TPSA) is 61.4 Å². The van der Waals surface area contributed by atoms with Gasteiger partial charge in [-0.05, 0) is 54.4 Å². The molecule has 0 bridgehead atoms. The van der Waals surface area contributed by atoms with Crippen molar-refractivity contribution in [3.8, 4) is 0 Å². The normalized spacial score (nSPS) is 13.5. The van der Waals surface area contributed by atoms with E-state index in [1.165, 1.54) is 24.3 Å². The number of amides is 3. The van der Waals surface area contributed by atoms with Crippen LogP contribution in [0.2, 0.25) is 0 Å². The minimum Gasteiger partial charge on any atom is -0.315 e. The molecule has 2 aromatic carbocycles. The Morgan fingerprint density at radius 3 is 2.43 bits per heavy atom. The van der Waals surface area contributed by atoms with Gasteiger partial charge in [-0.1, -0.05) is 0 Å². The zero-order chi connectivity index (χ0) is 16.4. The number of rotatable bonds is 2. The molecule has 3 rings (SSSR count). The van der Waals surface area contributed by atoms with Crippen molar-refractivity contribution in [3.05, 3.63) is 53.8 Å². The van der Waals surface area contributed by atoms with Gasteiger partial charge in [0, 0.05) is 30.5 Å². The summed E-state index contributed by atoms with van der Waals surface area (Å²) in [4.78, 5) is 25.3. The molecule has 1 heterocycles. The Labute approximate surface area is 133 Å². The summed E-state index contributed by atoms with van der Waals surface area (Å²) >= 11 is 0. The lowest BCUT2D eigenvalue weighted by molar-refractivity contribution is -0.118. The van der Waals surface area contributed by atoms with Crippen LogP contribution in [0.1, 0.15) is 12.0 Å². The minimum atomic E-state index is -0.406. The molecule has 0 saturated heterocycles. The predicted octanol–water partition coefficient (Wildman–Crippen LogP) is 3.38. The lowest BCUT2D eigenvalue weighted by Crippen LogP contribution is -2.31. The third-order valence-electron chi connectivity index (χ3n) is 3.78. The Morgan fingerprint density at radius 2 is 1.70 bits per heavy atom. The van der Waals surface area contributed by atoms with Crippen LogP contribution in [-0.2, 0) is 11.2 Å². The molecule has 23 heavy (non-hydrogen) atoms. The molecule has 1 aliphatic heterocycles. The second-order valence-corrected chi connectivity index (χ2v) is 5.38. The highest BCUT2D eigenvalue weighted by molar-refractivity contribution is 6.01. The lowest BCUT2D eigenvalue weighted by Gasteiger charge is -2.26. The van der Waals surface area contributed by atoms with Crippen molar-refractivity contribution in [2.24, 2.45) is 0 Å². The average molecular weight is 313 g/mol. The van der Waals surface area contributed by atoms with Gasteiger partial charge in [0.05, 0.1) is 0 Å². The molecule has 2 N–H and O–H groups in total. The number of nitrogens with one attached hydrogen (secondary N) is 2. The first-order valence-electron chi connectivity index (χ1n) is 7.26. The largest absolute Gasteiger partial charge is 0.323 e. The summed E-state index contributed by atoms with van der Waals surface area (Å²) in [6, 6.07) is 10.6. The van der Waals surface area contributed by atoms with E-state index >= 15 is 0 Å². The van der Waals surface area contributed by atoms with Gasteiger partial charge in [-0.25, -0.2) is 9.18 Å². The number of halogens is 1. The van der Waals surface area contributed by atoms with Crippen LogP contribution in [0.5, 0.6) is 0 Å². The van der Waals surface area contributed by atoms with Gasteiger partial charge in [0.2, 0.25) is 5.91 Å². The summed E-state index contributed by atoms with van der Waals surface area (Å²) in [5.74, 6) is -0.267. The molecule has 6 heteroatoms. The summed E-state index contributed by atoms with van der Waals surface area (Å²) in [7, 11) is 1.74. The van der Waals surface area contributed by atoms with Crippen LogP contribution in [0.4, 0.5) is 26.2 Å². The highest BCUT2D eigenvalue weighted by Gasteiger charge is 2.20. The number of nitrogens with zero attached hydrogens (tertiary/aromatic N) is 1. The fourth-order valence-electron chi connectivity index (χ4n) is 2.56. The van der Waals surface area contributed by atoms with Crippen LogP contribution in [0.3, 0.4) is 0 Å². The molecule has 0 fully saturated rings. The van der Waals surface area contributed by atoms with E-state index < -0.39 is 6.03 Å². The molecule has 2 aromatic rings. The van der Waals surface area contributed by atoms with E-state index in [9.17, 15) is 14.0 Å². The van der Waals surface area contributed by atoms with Crippen molar-refractivity contribution >= 4 is 29.0 Å². The third-order valence-corrected chi connectivity index (χ3v) is 3.78. The van der Waals surface area contributed by atoms with Gasteiger partial charge in [-0.3, -0.25) is 4.79 Å². The fourth-order valence-corrected chi connectivity index (χ4v) is 2.56. The van der Waals surface area contributed by atoms with E-state index in [-0.39, 0.29) is 11.7 Å². The van der Waals surface area contributed by atoms with Crippen LogP contribution in [-0.4, -0.2) is 19.0 Å². The Hall–Kier alpha value is -2.89. The molecule has 0 saturated carbocycles. The standard InChI is InChI=1S/C17H16FN3O2/c1-21-15-8-7-14(10-11(15)2-9-16(21)22)20-17(23)19-13-5-3-12(18)4-6-13/h3-8,10H,2,9H2,1H3,(H2,19,20,23). The van der Waals surface area contributed by atoms with Crippen molar-refractivity contribution in [1.29, 1.82) is 0 Å². The summed E-state index contributed by atoms with van der Waals surface area (Å²) < 4.78 is 12.8. The zero-order valence-electron chi connectivity index (χ0n) is 12.6. The average Bonchev–Trinajstić information content (AvgIpc) is 2.53. The van der Waals surface area contributed by atoms with Crippen LogP contribution >= 0.6 is 0 Å². The third kappa shape index (κ3) is 3.31. The maximum Gasteiger partial charge on any atom is 0.323 e. The molecule has 5 nitrogen and oxygen atoms in total. The Balaban J connectivity index is 1.69. The first kappa shape index (κ1) is 15.0. The van der Waals surface area contributed by atoms with Crippen molar-refractivity contribution in [1.82, 2.24) is 0 Å². The number of anilines is 3. The molecule has 0 atom stereocenters. The quantitative estimate of drug-likeness (QED) is 0.893. The zero-order valence-corrected chi connectivity index (χ0v) is 12.6. The Morgan fingerprint density at radius 1 is 1.04 bits per heavy atom. The molecular weight excluding hydrogens is 297 g/mol. The molecule has 0 unspecified atom stereocenters. The minimum absolute atomic E-state index is 0.0901. The number of hydrogen-bond acceptors (Lipinski definition) is 2. The number of urea groups is 1.